The summed E-state index contributed by atoms with van der Waals surface area (Å²) >= 11 is 0. The van der Waals surface area contributed by atoms with Crippen LogP contribution in [0.5, 0.6) is 0 Å². The van der Waals surface area contributed by atoms with Crippen LogP contribution in [-0.2, 0) is 19.1 Å². The van der Waals surface area contributed by atoms with Crippen molar-refractivity contribution in [2.45, 2.75) is 57.5 Å². The van der Waals surface area contributed by atoms with Gasteiger partial charge in [-0.15, -0.1) is 0 Å². The monoisotopic (exact) mass is 348 g/mol. The van der Waals surface area contributed by atoms with E-state index in [-0.39, 0.29) is 25.7 Å². The van der Waals surface area contributed by atoms with Crippen molar-refractivity contribution in [1.82, 2.24) is 0 Å². The largest absolute Gasteiger partial charge is 0.442 e. The van der Waals surface area contributed by atoms with Gasteiger partial charge in [0.05, 0.1) is 0 Å². The molecule has 1 unspecified atom stereocenters. The minimum atomic E-state index is -5.85. The van der Waals surface area contributed by atoms with E-state index in [1.165, 1.54) is 0 Å². The zero-order valence-corrected chi connectivity index (χ0v) is 12.0. The van der Waals surface area contributed by atoms with Crippen molar-refractivity contribution in [2.75, 3.05) is 0 Å². The molecule has 0 aromatic carbocycles. The molecule has 23 heavy (non-hydrogen) atoms. The van der Waals surface area contributed by atoms with E-state index in [1.807, 2.05) is 0 Å². The van der Waals surface area contributed by atoms with Gasteiger partial charge in [0.25, 0.3) is 6.10 Å². The lowest BCUT2D eigenvalue weighted by Crippen LogP contribution is -2.49. The van der Waals surface area contributed by atoms with Gasteiger partial charge in [-0.05, 0) is 26.2 Å². The highest BCUT2D eigenvalue weighted by atomic mass is 19.4. The Morgan fingerprint density at radius 2 is 1.70 bits per heavy atom. The minimum absolute atomic E-state index is 0.133. The Bertz CT molecular complexity index is 482. The van der Waals surface area contributed by atoms with E-state index in [9.17, 15) is 40.7 Å². The molecule has 1 atom stereocenters. The van der Waals surface area contributed by atoms with Gasteiger partial charge in [-0.25, -0.2) is 0 Å². The number of Topliss-reactive ketones (excluding diaryl/α,β-unsaturated/α-hetero) is 2. The van der Waals surface area contributed by atoms with Gasteiger partial charge in [0, 0.05) is 12.8 Å². The highest BCUT2D eigenvalue weighted by Gasteiger charge is 2.62. The van der Waals surface area contributed by atoms with E-state index in [0.29, 0.717) is 0 Å². The Balaban J connectivity index is 3.06. The summed E-state index contributed by atoms with van der Waals surface area (Å²) in [5.41, 5.74) is -2.11. The number of rotatable bonds is 5. The number of ether oxygens (including phenoxy) is 1. The second-order valence-electron chi connectivity index (χ2n) is 5.43. The van der Waals surface area contributed by atoms with Gasteiger partial charge in [0.1, 0.15) is 17.0 Å². The highest BCUT2D eigenvalue weighted by molar-refractivity contribution is 6.05. The van der Waals surface area contributed by atoms with Crippen molar-refractivity contribution in [3.63, 3.8) is 0 Å². The maximum absolute atomic E-state index is 12.5. The van der Waals surface area contributed by atoms with Gasteiger partial charge < -0.3 is 9.53 Å². The fraction of sp³-hybridized carbons (Fsp3) is 0.769. The molecule has 132 valence electrons. The Labute approximate surface area is 127 Å². The highest BCUT2D eigenvalue weighted by Crippen LogP contribution is 2.43. The van der Waals surface area contributed by atoms with Crippen molar-refractivity contribution in [3.8, 4) is 0 Å². The van der Waals surface area contributed by atoms with Crippen molar-refractivity contribution >= 4 is 17.5 Å². The molecule has 10 heteroatoms. The summed E-state index contributed by atoms with van der Waals surface area (Å²) in [6.07, 6.45) is -17.0. The summed E-state index contributed by atoms with van der Waals surface area (Å²) < 4.78 is 78.4. The topological polar surface area (TPSA) is 60.4 Å². The summed E-state index contributed by atoms with van der Waals surface area (Å²) in [7, 11) is 0. The molecule has 0 amide bonds. The first-order chi connectivity index (χ1) is 10.3. The third-order valence-electron chi connectivity index (χ3n) is 3.66. The van der Waals surface area contributed by atoms with Crippen molar-refractivity contribution in [1.29, 1.82) is 0 Å². The molecule has 1 aliphatic rings. The molecule has 0 aromatic heterocycles. The molecule has 1 aliphatic carbocycles. The van der Waals surface area contributed by atoms with Crippen LogP contribution in [0.25, 0.3) is 0 Å². The molecule has 0 spiro atoms. The second kappa shape index (κ2) is 6.48. The summed E-state index contributed by atoms with van der Waals surface area (Å²) in [6, 6.07) is 0. The average Bonchev–Trinajstić information content (AvgIpc) is 2.73. The molecule has 0 saturated heterocycles. The Hall–Kier alpha value is -1.61. The SMILES string of the molecule is CC(=O)CCC1(C(=O)OC(C(F)(F)F)C(F)(F)F)CCCC1=O. The third-order valence-corrected chi connectivity index (χ3v) is 3.66. The van der Waals surface area contributed by atoms with Crippen LogP contribution in [0.4, 0.5) is 26.3 Å². The van der Waals surface area contributed by atoms with Crippen molar-refractivity contribution in [3.05, 3.63) is 0 Å². The predicted molar refractivity (Wildman–Crippen MR) is 63.2 cm³/mol. The van der Waals surface area contributed by atoms with Gasteiger partial charge in [0.15, 0.2) is 0 Å². The molecular formula is C13H14F6O4. The second-order valence-corrected chi connectivity index (χ2v) is 5.43. The van der Waals surface area contributed by atoms with Crippen LogP contribution in [0.15, 0.2) is 0 Å². The fourth-order valence-electron chi connectivity index (χ4n) is 2.44. The summed E-state index contributed by atoms with van der Waals surface area (Å²) in [5.74, 6) is -3.12. The number of esters is 1. The molecule has 0 aromatic rings. The lowest BCUT2D eigenvalue weighted by Gasteiger charge is -2.29. The number of carbonyl (C=O) groups excluding carboxylic acids is 3. The normalized spacial score (nSPS) is 22.5. The maximum Gasteiger partial charge on any atom is 0.434 e. The number of ketones is 2. The zero-order valence-electron chi connectivity index (χ0n) is 12.0. The van der Waals surface area contributed by atoms with Crippen LogP contribution in [0.1, 0.15) is 39.0 Å². The molecule has 1 saturated carbocycles. The first-order valence-electron chi connectivity index (χ1n) is 6.68. The summed E-state index contributed by atoms with van der Waals surface area (Å²) in [5, 5.41) is 0. The Morgan fingerprint density at radius 3 is 2.04 bits per heavy atom. The first-order valence-corrected chi connectivity index (χ1v) is 6.68. The van der Waals surface area contributed by atoms with Gasteiger partial charge in [-0.2, -0.15) is 26.3 Å². The first kappa shape index (κ1) is 19.4. The minimum Gasteiger partial charge on any atom is -0.442 e. The van der Waals surface area contributed by atoms with Crippen LogP contribution in [0.3, 0.4) is 0 Å². The molecule has 0 aliphatic heterocycles. The van der Waals surface area contributed by atoms with E-state index >= 15 is 0 Å². The van der Waals surface area contributed by atoms with Crippen LogP contribution < -0.4 is 0 Å². The van der Waals surface area contributed by atoms with Crippen LogP contribution >= 0.6 is 0 Å². The third kappa shape index (κ3) is 4.44. The van der Waals surface area contributed by atoms with Crippen molar-refractivity contribution < 1.29 is 45.5 Å². The Kier molecular flexibility index (Phi) is 5.48. The van der Waals surface area contributed by atoms with Crippen LogP contribution in [-0.4, -0.2) is 36.0 Å². The number of alkyl halides is 6. The van der Waals surface area contributed by atoms with Gasteiger partial charge in [-0.3, -0.25) is 9.59 Å². The van der Waals surface area contributed by atoms with E-state index in [1.54, 1.807) is 0 Å². The zero-order chi connectivity index (χ0) is 18.1. The smallest absolute Gasteiger partial charge is 0.434 e. The molecular weight excluding hydrogens is 334 g/mol. The van der Waals surface area contributed by atoms with E-state index in [4.69, 9.17) is 0 Å². The molecule has 0 bridgehead atoms. The van der Waals surface area contributed by atoms with Gasteiger partial charge in [0.2, 0.25) is 0 Å². The molecule has 0 N–H and O–H groups in total. The summed E-state index contributed by atoms with van der Waals surface area (Å²) in [4.78, 5) is 34.8. The predicted octanol–water partition coefficient (Wildman–Crippen LogP) is 3.13. The number of carbonyl (C=O) groups is 3. The fourth-order valence-corrected chi connectivity index (χ4v) is 2.44. The number of hydrogen-bond acceptors (Lipinski definition) is 4. The Morgan fingerprint density at radius 1 is 1.17 bits per heavy atom. The van der Waals surface area contributed by atoms with Gasteiger partial charge >= 0.3 is 18.3 Å². The molecule has 1 fully saturated rings. The van der Waals surface area contributed by atoms with Gasteiger partial charge in [-0.1, -0.05) is 0 Å². The van der Waals surface area contributed by atoms with Crippen molar-refractivity contribution in [2.24, 2.45) is 5.41 Å². The van der Waals surface area contributed by atoms with Crippen LogP contribution in [0, 0.1) is 5.41 Å². The number of hydrogen-bond donors (Lipinski definition) is 0. The number of halogens is 6. The standard InChI is InChI=1S/C13H14F6O4/c1-7(20)4-6-11(5-2-3-8(11)21)10(22)23-9(12(14,15)16)13(17,18)19/h9H,2-6H2,1H3. The molecule has 0 heterocycles. The molecule has 4 nitrogen and oxygen atoms in total. The average molecular weight is 348 g/mol. The van der Waals surface area contributed by atoms with E-state index in [2.05, 4.69) is 4.74 Å². The van der Waals surface area contributed by atoms with Crippen LogP contribution in [0.2, 0.25) is 0 Å². The lowest BCUT2D eigenvalue weighted by molar-refractivity contribution is -0.315. The van der Waals surface area contributed by atoms with E-state index in [0.717, 1.165) is 6.92 Å². The van der Waals surface area contributed by atoms with E-state index < -0.39 is 47.8 Å². The summed E-state index contributed by atoms with van der Waals surface area (Å²) in [6.45, 7) is 1.13. The molecule has 0 radical (unpaired) electrons. The quantitative estimate of drug-likeness (QED) is 0.435. The maximum atomic E-state index is 12.5. The molecule has 1 rings (SSSR count). The lowest BCUT2D eigenvalue weighted by atomic mass is 9.80.